The van der Waals surface area contributed by atoms with E-state index in [0.717, 1.165) is 55.6 Å². The van der Waals surface area contributed by atoms with Crippen molar-refractivity contribution in [2.75, 3.05) is 0 Å². The van der Waals surface area contributed by atoms with Crippen LogP contribution in [0.25, 0.3) is 78.1 Å². The molecule has 0 saturated heterocycles. The molecule has 3 heteroatoms. The summed E-state index contributed by atoms with van der Waals surface area (Å²) in [5.41, 5.74) is 16.1. The molecule has 0 radical (unpaired) electrons. The lowest BCUT2D eigenvalue weighted by atomic mass is 9.67. The van der Waals surface area contributed by atoms with E-state index in [9.17, 15) is 0 Å². The van der Waals surface area contributed by atoms with Crippen molar-refractivity contribution in [1.82, 2.24) is 9.97 Å². The standard InChI is InChI=1S/C53H34N2O/c1-4-15-37(16-5-1)52-54-47(34-48(55-52)38-31-32-50-44(33-38)42-21-11-13-26-49(42)56-50)36-29-27-35(28-30-36)41-23-14-25-46-51(41)43-22-10-12-24-45(43)53(46,39-17-6-2-7-18-39)40-19-8-3-9-20-40/h1-34H. The quantitative estimate of drug-likeness (QED) is 0.172. The molecule has 1 aliphatic carbocycles. The number of rotatable bonds is 6. The lowest BCUT2D eigenvalue weighted by molar-refractivity contribution is 0.669. The summed E-state index contributed by atoms with van der Waals surface area (Å²) in [4.78, 5) is 10.3. The number of para-hydroxylation sites is 1. The highest BCUT2D eigenvalue weighted by Gasteiger charge is 2.46. The topological polar surface area (TPSA) is 38.9 Å². The Morgan fingerprint density at radius 2 is 0.911 bits per heavy atom. The SMILES string of the molecule is c1ccc(-c2nc(-c3ccc(-c4cccc5c4-c4ccccc4C5(c4ccccc4)c4ccccc4)cc3)cc(-c3ccc4oc5ccccc5c4c3)n2)cc1. The molecular weight excluding hydrogens is 681 g/mol. The van der Waals surface area contributed by atoms with Crippen LogP contribution in [0.3, 0.4) is 0 Å². The molecule has 0 bridgehead atoms. The number of benzene rings is 8. The molecule has 0 fully saturated rings. The molecule has 0 atom stereocenters. The lowest BCUT2D eigenvalue weighted by Gasteiger charge is -2.34. The summed E-state index contributed by atoms with van der Waals surface area (Å²) in [7, 11) is 0. The van der Waals surface area contributed by atoms with E-state index in [1.165, 1.54) is 38.9 Å². The number of fused-ring (bicyclic) bond motifs is 6. The maximum atomic E-state index is 6.15. The van der Waals surface area contributed by atoms with Gasteiger partial charge in [-0.25, -0.2) is 9.97 Å². The van der Waals surface area contributed by atoms with Gasteiger partial charge >= 0.3 is 0 Å². The Hall–Kier alpha value is -7.36. The number of furan rings is 1. The van der Waals surface area contributed by atoms with Crippen molar-refractivity contribution in [2.45, 2.75) is 5.41 Å². The van der Waals surface area contributed by atoms with E-state index in [1.807, 2.05) is 36.4 Å². The summed E-state index contributed by atoms with van der Waals surface area (Å²) in [6.45, 7) is 0. The van der Waals surface area contributed by atoms with E-state index in [0.29, 0.717) is 5.82 Å². The Morgan fingerprint density at radius 3 is 1.66 bits per heavy atom. The fourth-order valence-corrected chi connectivity index (χ4v) is 8.90. The maximum Gasteiger partial charge on any atom is 0.160 e. The number of hydrogen-bond donors (Lipinski definition) is 0. The zero-order valence-corrected chi connectivity index (χ0v) is 30.4. The van der Waals surface area contributed by atoms with Gasteiger partial charge < -0.3 is 4.42 Å². The second kappa shape index (κ2) is 12.9. The number of nitrogens with zero attached hydrogens (tertiary/aromatic N) is 2. The summed E-state index contributed by atoms with van der Waals surface area (Å²) >= 11 is 0. The summed E-state index contributed by atoms with van der Waals surface area (Å²) in [5.74, 6) is 0.690. The maximum absolute atomic E-state index is 6.15. The van der Waals surface area contributed by atoms with E-state index in [-0.39, 0.29) is 0 Å². The molecule has 8 aromatic carbocycles. The molecule has 11 rings (SSSR count). The minimum Gasteiger partial charge on any atom is -0.456 e. The summed E-state index contributed by atoms with van der Waals surface area (Å²) in [6.07, 6.45) is 0. The number of hydrogen-bond acceptors (Lipinski definition) is 3. The van der Waals surface area contributed by atoms with Crippen LogP contribution < -0.4 is 0 Å². The van der Waals surface area contributed by atoms with Gasteiger partial charge in [-0.2, -0.15) is 0 Å². The molecular formula is C53H34N2O. The molecule has 2 aromatic heterocycles. The highest BCUT2D eigenvalue weighted by molar-refractivity contribution is 6.06. The van der Waals surface area contributed by atoms with Crippen LogP contribution in [0, 0.1) is 0 Å². The lowest BCUT2D eigenvalue weighted by Crippen LogP contribution is -2.28. The molecule has 3 nitrogen and oxygen atoms in total. The van der Waals surface area contributed by atoms with Crippen molar-refractivity contribution >= 4 is 21.9 Å². The van der Waals surface area contributed by atoms with Gasteiger partial charge in [0, 0.05) is 27.5 Å². The van der Waals surface area contributed by atoms with E-state index in [4.69, 9.17) is 14.4 Å². The highest BCUT2D eigenvalue weighted by Crippen LogP contribution is 2.58. The summed E-state index contributed by atoms with van der Waals surface area (Å²) in [6, 6.07) is 73.4. The van der Waals surface area contributed by atoms with Crippen molar-refractivity contribution in [1.29, 1.82) is 0 Å². The minimum atomic E-state index is -0.443. The van der Waals surface area contributed by atoms with Crippen LogP contribution in [-0.2, 0) is 5.41 Å². The van der Waals surface area contributed by atoms with Crippen LogP contribution in [-0.4, -0.2) is 9.97 Å². The van der Waals surface area contributed by atoms with Gasteiger partial charge in [-0.3, -0.25) is 0 Å². The van der Waals surface area contributed by atoms with Crippen molar-refractivity contribution < 1.29 is 4.42 Å². The third-order valence-corrected chi connectivity index (χ3v) is 11.4. The number of aromatic nitrogens is 2. The summed E-state index contributed by atoms with van der Waals surface area (Å²) in [5, 5.41) is 2.17. The first kappa shape index (κ1) is 32.1. The van der Waals surface area contributed by atoms with E-state index >= 15 is 0 Å². The van der Waals surface area contributed by atoms with Crippen molar-refractivity contribution in [3.05, 3.63) is 229 Å². The first-order chi connectivity index (χ1) is 27.8. The van der Waals surface area contributed by atoms with E-state index in [2.05, 4.69) is 170 Å². The summed E-state index contributed by atoms with van der Waals surface area (Å²) < 4.78 is 6.15. The van der Waals surface area contributed by atoms with Gasteiger partial charge in [-0.15, -0.1) is 0 Å². The predicted molar refractivity (Wildman–Crippen MR) is 228 cm³/mol. The second-order valence-corrected chi connectivity index (χ2v) is 14.5. The van der Waals surface area contributed by atoms with E-state index in [1.54, 1.807) is 0 Å². The smallest absolute Gasteiger partial charge is 0.160 e. The Kier molecular flexibility index (Phi) is 7.39. The highest BCUT2D eigenvalue weighted by atomic mass is 16.3. The molecule has 2 heterocycles. The zero-order valence-electron chi connectivity index (χ0n) is 30.4. The van der Waals surface area contributed by atoms with Crippen LogP contribution in [0.5, 0.6) is 0 Å². The molecule has 1 aliphatic rings. The molecule has 56 heavy (non-hydrogen) atoms. The molecule has 0 N–H and O–H groups in total. The van der Waals surface area contributed by atoms with Gasteiger partial charge in [0.1, 0.15) is 11.2 Å². The first-order valence-corrected chi connectivity index (χ1v) is 19.1. The van der Waals surface area contributed by atoms with Gasteiger partial charge in [-0.05, 0) is 74.8 Å². The average molecular weight is 715 g/mol. The molecule has 262 valence electrons. The zero-order chi connectivity index (χ0) is 37.1. The molecule has 0 amide bonds. The fraction of sp³-hybridized carbons (Fsp3) is 0.0189. The van der Waals surface area contributed by atoms with Gasteiger partial charge in [0.25, 0.3) is 0 Å². The molecule has 0 unspecified atom stereocenters. The molecule has 10 aromatic rings. The minimum absolute atomic E-state index is 0.443. The fourth-order valence-electron chi connectivity index (χ4n) is 8.90. The third-order valence-electron chi connectivity index (χ3n) is 11.4. The van der Waals surface area contributed by atoms with Crippen LogP contribution in [0.15, 0.2) is 211 Å². The average Bonchev–Trinajstić information content (AvgIpc) is 3.81. The molecule has 0 aliphatic heterocycles. The van der Waals surface area contributed by atoms with Crippen LogP contribution in [0.2, 0.25) is 0 Å². The molecule has 0 spiro atoms. The largest absolute Gasteiger partial charge is 0.456 e. The monoisotopic (exact) mass is 714 g/mol. The van der Waals surface area contributed by atoms with E-state index < -0.39 is 5.41 Å². The van der Waals surface area contributed by atoms with Gasteiger partial charge in [0.2, 0.25) is 0 Å². The molecule has 0 saturated carbocycles. The van der Waals surface area contributed by atoms with Crippen molar-refractivity contribution in [3.63, 3.8) is 0 Å². The Balaban J connectivity index is 1.05. The predicted octanol–water partition coefficient (Wildman–Crippen LogP) is 13.4. The van der Waals surface area contributed by atoms with Crippen LogP contribution in [0.1, 0.15) is 22.3 Å². The van der Waals surface area contributed by atoms with Crippen LogP contribution in [0.4, 0.5) is 0 Å². The third kappa shape index (κ3) is 4.98. The van der Waals surface area contributed by atoms with Gasteiger partial charge in [0.15, 0.2) is 5.82 Å². The second-order valence-electron chi connectivity index (χ2n) is 14.5. The first-order valence-electron chi connectivity index (χ1n) is 19.1. The Labute approximate surface area is 325 Å². The Bertz CT molecular complexity index is 3020. The van der Waals surface area contributed by atoms with Crippen molar-refractivity contribution in [2.24, 2.45) is 0 Å². The van der Waals surface area contributed by atoms with Gasteiger partial charge in [0.05, 0.1) is 16.8 Å². The van der Waals surface area contributed by atoms with Crippen LogP contribution >= 0.6 is 0 Å². The van der Waals surface area contributed by atoms with Crippen molar-refractivity contribution in [3.8, 4) is 56.2 Å². The van der Waals surface area contributed by atoms with Gasteiger partial charge in [-0.1, -0.05) is 176 Å². The normalized spacial score (nSPS) is 12.8. The Morgan fingerprint density at radius 1 is 0.357 bits per heavy atom.